The first-order valence-corrected chi connectivity index (χ1v) is 10.4. The van der Waals surface area contributed by atoms with Gasteiger partial charge in [0.05, 0.1) is 6.61 Å². The van der Waals surface area contributed by atoms with Crippen LogP contribution in [0.2, 0.25) is 0 Å². The summed E-state index contributed by atoms with van der Waals surface area (Å²) >= 11 is 0. The molecule has 0 aliphatic heterocycles. The summed E-state index contributed by atoms with van der Waals surface area (Å²) in [7, 11) is 0. The maximum atomic E-state index is 11.6. The van der Waals surface area contributed by atoms with E-state index in [1.165, 1.54) is 16.5 Å². The molecular formula is C25H32O3. The molecule has 1 aliphatic rings. The van der Waals surface area contributed by atoms with Crippen molar-refractivity contribution in [3.63, 3.8) is 0 Å². The lowest BCUT2D eigenvalue weighted by Gasteiger charge is -2.12. The molecule has 3 rings (SSSR count). The molecule has 1 heterocycles. The highest BCUT2D eigenvalue weighted by molar-refractivity contribution is 5.84. The molecular weight excluding hydrogens is 348 g/mol. The predicted molar refractivity (Wildman–Crippen MR) is 115 cm³/mol. The highest BCUT2D eigenvalue weighted by atomic mass is 16.5. The van der Waals surface area contributed by atoms with Gasteiger partial charge in [0.1, 0.15) is 11.3 Å². The molecule has 150 valence electrons. The minimum absolute atomic E-state index is 0.146. The number of benzene rings is 1. The van der Waals surface area contributed by atoms with Gasteiger partial charge in [-0.05, 0) is 60.8 Å². The smallest absolute Gasteiger partial charge is 0.330 e. The molecule has 0 amide bonds. The molecule has 1 aliphatic carbocycles. The molecule has 0 radical (unpaired) electrons. The van der Waals surface area contributed by atoms with Crippen LogP contribution in [0.1, 0.15) is 70.8 Å². The Balaban J connectivity index is 1.82. The minimum atomic E-state index is -0.276. The number of aryl methyl sites for hydroxylation is 1. The molecule has 1 aromatic heterocycles. The van der Waals surface area contributed by atoms with Crippen LogP contribution in [0.15, 0.2) is 46.4 Å². The van der Waals surface area contributed by atoms with E-state index in [1.807, 2.05) is 19.9 Å². The van der Waals surface area contributed by atoms with Crippen LogP contribution in [0.3, 0.4) is 0 Å². The Morgan fingerprint density at radius 3 is 2.75 bits per heavy atom. The molecule has 3 nitrogen and oxygen atoms in total. The Morgan fingerprint density at radius 2 is 2.11 bits per heavy atom. The third kappa shape index (κ3) is 3.94. The maximum Gasteiger partial charge on any atom is 0.330 e. The molecule has 0 bridgehead atoms. The Kier molecular flexibility index (Phi) is 5.83. The number of hydrogen-bond donors (Lipinski definition) is 0. The van der Waals surface area contributed by atoms with Crippen molar-refractivity contribution in [2.75, 3.05) is 6.61 Å². The van der Waals surface area contributed by atoms with Crippen LogP contribution in [-0.2, 0) is 21.4 Å². The van der Waals surface area contributed by atoms with Gasteiger partial charge >= 0.3 is 5.97 Å². The average molecular weight is 381 g/mol. The van der Waals surface area contributed by atoms with Gasteiger partial charge in [0.2, 0.25) is 0 Å². The van der Waals surface area contributed by atoms with Crippen molar-refractivity contribution in [2.24, 2.45) is 5.92 Å². The molecule has 3 heteroatoms. The monoisotopic (exact) mass is 380 g/mol. The first-order valence-electron chi connectivity index (χ1n) is 10.4. The van der Waals surface area contributed by atoms with Crippen LogP contribution in [0.5, 0.6) is 0 Å². The third-order valence-electron chi connectivity index (χ3n) is 5.89. The van der Waals surface area contributed by atoms with Crippen LogP contribution in [0.25, 0.3) is 11.0 Å². The third-order valence-corrected chi connectivity index (χ3v) is 5.89. The quantitative estimate of drug-likeness (QED) is 0.314. The van der Waals surface area contributed by atoms with Crippen LogP contribution >= 0.6 is 0 Å². The SMILES string of the molecule is CCOC(=O)/C=C(C)/C=C/[C@@H]1C[C@]1(C)c1ccc2oc(CC)c(C(C)C)c2c1. The van der Waals surface area contributed by atoms with Crippen molar-refractivity contribution < 1.29 is 13.9 Å². The highest BCUT2D eigenvalue weighted by Gasteiger charge is 2.49. The zero-order valence-corrected chi connectivity index (χ0v) is 18.0. The predicted octanol–water partition coefficient (Wildman–Crippen LogP) is 6.46. The lowest BCUT2D eigenvalue weighted by Crippen LogP contribution is -2.03. The lowest BCUT2D eigenvalue weighted by molar-refractivity contribution is -0.137. The standard InChI is InChI=1S/C25H32O3/c1-7-21-24(16(3)4)20-14-18(11-12-22(20)28-21)25(6)15-19(25)10-9-17(5)13-23(26)27-8-2/h9-14,16,19H,7-8,15H2,1-6H3/b10-9+,17-13+/t19-,25-/m1/s1. The van der Waals surface area contributed by atoms with Gasteiger partial charge in [0, 0.05) is 23.4 Å². The maximum absolute atomic E-state index is 11.6. The second-order valence-corrected chi connectivity index (χ2v) is 8.39. The number of allylic oxidation sites excluding steroid dienone is 3. The van der Waals surface area contributed by atoms with E-state index in [-0.39, 0.29) is 11.4 Å². The van der Waals surface area contributed by atoms with Crippen molar-refractivity contribution in [3.05, 3.63) is 58.9 Å². The fourth-order valence-corrected chi connectivity index (χ4v) is 4.11. The van der Waals surface area contributed by atoms with E-state index in [0.29, 0.717) is 18.4 Å². The van der Waals surface area contributed by atoms with Crippen LogP contribution in [0.4, 0.5) is 0 Å². The number of hydrogen-bond acceptors (Lipinski definition) is 3. The van der Waals surface area contributed by atoms with Crippen LogP contribution < -0.4 is 0 Å². The lowest BCUT2D eigenvalue weighted by atomic mass is 9.91. The van der Waals surface area contributed by atoms with Gasteiger partial charge in [-0.1, -0.05) is 45.9 Å². The molecule has 28 heavy (non-hydrogen) atoms. The molecule has 0 N–H and O–H groups in total. The Morgan fingerprint density at radius 1 is 1.36 bits per heavy atom. The fraction of sp³-hybridized carbons (Fsp3) is 0.480. The molecule has 1 aromatic carbocycles. The topological polar surface area (TPSA) is 39.4 Å². The second-order valence-electron chi connectivity index (χ2n) is 8.39. The van der Waals surface area contributed by atoms with Gasteiger partial charge in [-0.15, -0.1) is 0 Å². The molecule has 1 saturated carbocycles. The van der Waals surface area contributed by atoms with Crippen molar-refractivity contribution in [2.45, 2.75) is 65.7 Å². The van der Waals surface area contributed by atoms with Crippen molar-refractivity contribution in [1.82, 2.24) is 0 Å². The molecule has 0 spiro atoms. The van der Waals surface area contributed by atoms with Crippen LogP contribution in [-0.4, -0.2) is 12.6 Å². The summed E-state index contributed by atoms with van der Waals surface area (Å²) in [6, 6.07) is 6.68. The van der Waals surface area contributed by atoms with Crippen LogP contribution in [0, 0.1) is 5.92 Å². The van der Waals surface area contributed by atoms with Gasteiger partial charge in [-0.25, -0.2) is 4.79 Å². The minimum Gasteiger partial charge on any atom is -0.463 e. The van der Waals surface area contributed by atoms with Gasteiger partial charge in [-0.3, -0.25) is 0 Å². The van der Waals surface area contributed by atoms with E-state index >= 15 is 0 Å². The number of carbonyl (C=O) groups is 1. The number of ether oxygens (including phenoxy) is 1. The number of esters is 1. The molecule has 0 saturated heterocycles. The summed E-state index contributed by atoms with van der Waals surface area (Å²) in [5.41, 5.74) is 4.78. The van der Waals surface area contributed by atoms with E-state index < -0.39 is 0 Å². The molecule has 2 aromatic rings. The normalized spacial score (nSPS) is 22.4. The number of carbonyl (C=O) groups excluding carboxylic acids is 1. The van der Waals surface area contributed by atoms with Gasteiger partial charge < -0.3 is 9.15 Å². The number of furan rings is 1. The summed E-state index contributed by atoms with van der Waals surface area (Å²) in [5.74, 6) is 1.76. The van der Waals surface area contributed by atoms with Crippen molar-refractivity contribution >= 4 is 16.9 Å². The van der Waals surface area contributed by atoms with E-state index in [1.54, 1.807) is 6.08 Å². The van der Waals surface area contributed by atoms with E-state index in [9.17, 15) is 4.79 Å². The summed E-state index contributed by atoms with van der Waals surface area (Å²) in [4.78, 5) is 11.6. The summed E-state index contributed by atoms with van der Waals surface area (Å²) in [5, 5.41) is 1.26. The molecule has 2 atom stereocenters. The fourth-order valence-electron chi connectivity index (χ4n) is 4.11. The Labute approximate surface area is 168 Å². The Bertz CT molecular complexity index is 929. The number of rotatable bonds is 7. The molecule has 1 fully saturated rings. The highest BCUT2D eigenvalue weighted by Crippen LogP contribution is 2.55. The largest absolute Gasteiger partial charge is 0.463 e. The van der Waals surface area contributed by atoms with E-state index in [2.05, 4.69) is 52.0 Å². The average Bonchev–Trinajstić information content (AvgIpc) is 3.16. The van der Waals surface area contributed by atoms with Gasteiger partial charge in [0.25, 0.3) is 0 Å². The van der Waals surface area contributed by atoms with Crippen molar-refractivity contribution in [1.29, 1.82) is 0 Å². The first kappa shape index (κ1) is 20.4. The summed E-state index contributed by atoms with van der Waals surface area (Å²) in [6.07, 6.45) is 7.87. The first-order chi connectivity index (χ1) is 13.3. The summed E-state index contributed by atoms with van der Waals surface area (Å²) in [6.45, 7) is 13.1. The molecule has 0 unspecified atom stereocenters. The zero-order chi connectivity index (χ0) is 20.5. The van der Waals surface area contributed by atoms with Gasteiger partial charge in [0.15, 0.2) is 0 Å². The van der Waals surface area contributed by atoms with Gasteiger partial charge in [-0.2, -0.15) is 0 Å². The number of fused-ring (bicyclic) bond motifs is 1. The Hall–Kier alpha value is -2.29. The van der Waals surface area contributed by atoms with E-state index in [4.69, 9.17) is 9.15 Å². The van der Waals surface area contributed by atoms with E-state index in [0.717, 1.165) is 29.8 Å². The van der Waals surface area contributed by atoms with Crippen molar-refractivity contribution in [3.8, 4) is 0 Å². The second kappa shape index (κ2) is 7.98. The summed E-state index contributed by atoms with van der Waals surface area (Å²) < 4.78 is 11.1. The zero-order valence-electron chi connectivity index (χ0n) is 18.0.